The van der Waals surface area contributed by atoms with Crippen molar-refractivity contribution in [1.82, 2.24) is 0 Å². The molecule has 0 saturated carbocycles. The third-order valence-corrected chi connectivity index (χ3v) is 3.88. The quantitative estimate of drug-likeness (QED) is 0.789. The Morgan fingerprint density at radius 2 is 2.10 bits per heavy atom. The van der Waals surface area contributed by atoms with Crippen molar-refractivity contribution in [1.29, 1.82) is 0 Å². The van der Waals surface area contributed by atoms with Crippen LogP contribution in [0.3, 0.4) is 0 Å². The number of hydrogen-bond acceptors (Lipinski definition) is 4. The SMILES string of the molecule is CCC(N)(CC)C(=O)Nc1ccc2c(c1)NC(=O)C(C)O2. The number of carbonyl (C=O) groups excluding carboxylic acids is 2. The van der Waals surface area contributed by atoms with Gasteiger partial charge in [0.15, 0.2) is 6.10 Å². The topological polar surface area (TPSA) is 93.5 Å². The second-order valence-electron chi connectivity index (χ2n) is 5.28. The fraction of sp³-hybridized carbons (Fsp3) is 0.467. The Bertz CT molecular complexity index is 567. The van der Waals surface area contributed by atoms with Gasteiger partial charge in [0.2, 0.25) is 5.91 Å². The smallest absolute Gasteiger partial charge is 0.265 e. The number of fused-ring (bicyclic) bond motifs is 1. The minimum absolute atomic E-state index is 0.207. The molecular formula is C15H21N3O3. The van der Waals surface area contributed by atoms with Crippen molar-refractivity contribution in [2.45, 2.75) is 45.3 Å². The summed E-state index contributed by atoms with van der Waals surface area (Å²) in [5, 5.41) is 5.53. The molecule has 21 heavy (non-hydrogen) atoms. The van der Waals surface area contributed by atoms with Crippen LogP contribution in [0, 0.1) is 0 Å². The zero-order valence-electron chi connectivity index (χ0n) is 12.5. The minimum atomic E-state index is -0.885. The highest BCUT2D eigenvalue weighted by Crippen LogP contribution is 2.32. The predicted molar refractivity (Wildman–Crippen MR) is 81.3 cm³/mol. The number of benzene rings is 1. The van der Waals surface area contributed by atoms with Gasteiger partial charge in [-0.1, -0.05) is 13.8 Å². The molecule has 0 fully saturated rings. The second-order valence-corrected chi connectivity index (χ2v) is 5.28. The third-order valence-electron chi connectivity index (χ3n) is 3.88. The Kier molecular flexibility index (Phi) is 4.18. The molecule has 0 saturated heterocycles. The molecule has 1 aromatic carbocycles. The van der Waals surface area contributed by atoms with Gasteiger partial charge in [0.1, 0.15) is 5.75 Å². The van der Waals surface area contributed by atoms with E-state index in [9.17, 15) is 9.59 Å². The lowest BCUT2D eigenvalue weighted by atomic mass is 9.93. The van der Waals surface area contributed by atoms with E-state index in [-0.39, 0.29) is 11.8 Å². The second kappa shape index (κ2) is 5.73. The van der Waals surface area contributed by atoms with Gasteiger partial charge in [-0.15, -0.1) is 0 Å². The van der Waals surface area contributed by atoms with E-state index in [1.807, 2.05) is 13.8 Å². The van der Waals surface area contributed by atoms with Crippen LogP contribution in [0.4, 0.5) is 11.4 Å². The van der Waals surface area contributed by atoms with E-state index in [0.29, 0.717) is 30.0 Å². The van der Waals surface area contributed by atoms with Gasteiger partial charge in [0.05, 0.1) is 11.2 Å². The molecule has 1 aromatic rings. The number of ether oxygens (including phenoxy) is 1. The Hall–Kier alpha value is -2.08. The zero-order chi connectivity index (χ0) is 15.6. The molecule has 0 radical (unpaired) electrons. The van der Waals surface area contributed by atoms with Crippen LogP contribution in [-0.2, 0) is 9.59 Å². The molecule has 4 N–H and O–H groups in total. The highest BCUT2D eigenvalue weighted by Gasteiger charge is 2.30. The van der Waals surface area contributed by atoms with E-state index in [1.54, 1.807) is 25.1 Å². The lowest BCUT2D eigenvalue weighted by molar-refractivity contribution is -0.123. The number of anilines is 2. The molecule has 1 aliphatic rings. The van der Waals surface area contributed by atoms with E-state index in [2.05, 4.69) is 10.6 Å². The van der Waals surface area contributed by atoms with Crippen LogP contribution >= 0.6 is 0 Å². The first-order chi connectivity index (χ1) is 9.89. The van der Waals surface area contributed by atoms with Crippen molar-refractivity contribution < 1.29 is 14.3 Å². The molecule has 2 amide bonds. The predicted octanol–water partition coefficient (Wildman–Crippen LogP) is 1.86. The van der Waals surface area contributed by atoms with Crippen molar-refractivity contribution in [2.75, 3.05) is 10.6 Å². The average Bonchev–Trinajstić information content (AvgIpc) is 2.47. The molecular weight excluding hydrogens is 270 g/mol. The molecule has 1 heterocycles. The van der Waals surface area contributed by atoms with E-state index in [4.69, 9.17) is 10.5 Å². The number of nitrogens with one attached hydrogen (secondary N) is 2. The molecule has 1 atom stereocenters. The summed E-state index contributed by atoms with van der Waals surface area (Å²) in [5.74, 6) is 0.148. The lowest BCUT2D eigenvalue weighted by Gasteiger charge is -2.26. The number of hydrogen-bond donors (Lipinski definition) is 3. The van der Waals surface area contributed by atoms with E-state index < -0.39 is 11.6 Å². The molecule has 6 nitrogen and oxygen atoms in total. The van der Waals surface area contributed by atoms with Gasteiger partial charge in [-0.05, 0) is 38.0 Å². The summed E-state index contributed by atoms with van der Waals surface area (Å²) >= 11 is 0. The van der Waals surface area contributed by atoms with Crippen LogP contribution in [-0.4, -0.2) is 23.5 Å². The van der Waals surface area contributed by atoms with Crippen LogP contribution in [0.15, 0.2) is 18.2 Å². The summed E-state index contributed by atoms with van der Waals surface area (Å²) in [5.41, 5.74) is 6.30. The summed E-state index contributed by atoms with van der Waals surface area (Å²) in [6.45, 7) is 5.44. The maximum atomic E-state index is 12.2. The first-order valence-electron chi connectivity index (χ1n) is 7.11. The summed E-state index contributed by atoms with van der Waals surface area (Å²) in [6.07, 6.45) is 0.588. The number of rotatable bonds is 4. The van der Waals surface area contributed by atoms with Crippen molar-refractivity contribution in [3.8, 4) is 5.75 Å². The summed E-state index contributed by atoms with van der Waals surface area (Å²) in [7, 11) is 0. The number of carbonyl (C=O) groups is 2. The highest BCUT2D eigenvalue weighted by molar-refractivity contribution is 6.01. The Morgan fingerprint density at radius 1 is 1.43 bits per heavy atom. The van der Waals surface area contributed by atoms with Crippen LogP contribution in [0.5, 0.6) is 5.75 Å². The van der Waals surface area contributed by atoms with E-state index >= 15 is 0 Å². The molecule has 2 rings (SSSR count). The minimum Gasteiger partial charge on any atom is -0.479 e. The molecule has 0 bridgehead atoms. The summed E-state index contributed by atoms with van der Waals surface area (Å²) in [6, 6.07) is 5.12. The van der Waals surface area contributed by atoms with Gasteiger partial charge in [0.25, 0.3) is 5.91 Å². The first-order valence-corrected chi connectivity index (χ1v) is 7.11. The monoisotopic (exact) mass is 291 g/mol. The summed E-state index contributed by atoms with van der Waals surface area (Å²) < 4.78 is 5.46. The Morgan fingerprint density at radius 3 is 2.71 bits per heavy atom. The van der Waals surface area contributed by atoms with Crippen molar-refractivity contribution in [3.05, 3.63) is 18.2 Å². The van der Waals surface area contributed by atoms with Gasteiger partial charge < -0.3 is 21.1 Å². The van der Waals surface area contributed by atoms with Gasteiger partial charge in [0, 0.05) is 5.69 Å². The van der Waals surface area contributed by atoms with Gasteiger partial charge in [-0.3, -0.25) is 9.59 Å². The number of nitrogens with two attached hydrogens (primary N) is 1. The Labute approximate surface area is 124 Å². The van der Waals surface area contributed by atoms with Crippen molar-refractivity contribution in [2.24, 2.45) is 5.73 Å². The van der Waals surface area contributed by atoms with Gasteiger partial charge in [-0.2, -0.15) is 0 Å². The standard InChI is InChI=1S/C15H21N3O3/c1-4-15(16,5-2)14(20)17-10-6-7-12-11(8-10)18-13(19)9(3)21-12/h6-9H,4-5,16H2,1-3H3,(H,17,20)(H,18,19). The molecule has 114 valence electrons. The fourth-order valence-corrected chi connectivity index (χ4v) is 2.11. The molecule has 1 aliphatic heterocycles. The van der Waals surface area contributed by atoms with Gasteiger partial charge in [-0.25, -0.2) is 0 Å². The van der Waals surface area contributed by atoms with Gasteiger partial charge >= 0.3 is 0 Å². The highest BCUT2D eigenvalue weighted by atomic mass is 16.5. The average molecular weight is 291 g/mol. The maximum absolute atomic E-state index is 12.2. The normalized spacial score (nSPS) is 17.5. The number of amides is 2. The largest absolute Gasteiger partial charge is 0.479 e. The van der Waals surface area contributed by atoms with Crippen LogP contribution in [0.25, 0.3) is 0 Å². The molecule has 1 unspecified atom stereocenters. The van der Waals surface area contributed by atoms with Crippen molar-refractivity contribution >= 4 is 23.2 Å². The molecule has 0 spiro atoms. The summed E-state index contributed by atoms with van der Waals surface area (Å²) in [4.78, 5) is 23.8. The Balaban J connectivity index is 2.18. The van der Waals surface area contributed by atoms with Crippen LogP contribution < -0.4 is 21.1 Å². The fourth-order valence-electron chi connectivity index (χ4n) is 2.11. The zero-order valence-corrected chi connectivity index (χ0v) is 12.5. The molecule has 6 heteroatoms. The lowest BCUT2D eigenvalue weighted by Crippen LogP contribution is -2.50. The molecule has 0 aliphatic carbocycles. The van der Waals surface area contributed by atoms with E-state index in [0.717, 1.165) is 0 Å². The van der Waals surface area contributed by atoms with Crippen LogP contribution in [0.1, 0.15) is 33.6 Å². The molecule has 0 aromatic heterocycles. The maximum Gasteiger partial charge on any atom is 0.265 e. The first kappa shape index (κ1) is 15.3. The van der Waals surface area contributed by atoms with Crippen LogP contribution in [0.2, 0.25) is 0 Å². The van der Waals surface area contributed by atoms with E-state index in [1.165, 1.54) is 0 Å². The third kappa shape index (κ3) is 3.00. The van der Waals surface area contributed by atoms with Crippen molar-refractivity contribution in [3.63, 3.8) is 0 Å².